The zero-order chi connectivity index (χ0) is 18.1. The number of nitrogens with two attached hydrogens (primary N) is 1. The van der Waals surface area contributed by atoms with Crippen LogP contribution in [0.1, 0.15) is 33.7 Å². The van der Waals surface area contributed by atoms with E-state index in [-0.39, 0.29) is 17.5 Å². The third kappa shape index (κ3) is 2.65. The first-order chi connectivity index (χ1) is 12.7. The van der Waals surface area contributed by atoms with Gasteiger partial charge in [-0.2, -0.15) is 10.2 Å². The summed E-state index contributed by atoms with van der Waals surface area (Å²) in [5, 5.41) is 10.7. The van der Waals surface area contributed by atoms with Gasteiger partial charge in [-0.1, -0.05) is 18.2 Å². The maximum Gasteiger partial charge on any atom is 0.272 e. The predicted molar refractivity (Wildman–Crippen MR) is 95.0 cm³/mol. The quantitative estimate of drug-likeness (QED) is 0.696. The highest BCUT2D eigenvalue weighted by atomic mass is 16.2. The molecule has 0 radical (unpaired) electrons. The molecule has 1 aliphatic heterocycles. The molecule has 1 aromatic carbocycles. The summed E-state index contributed by atoms with van der Waals surface area (Å²) in [6.45, 7) is 0.529. The summed E-state index contributed by atoms with van der Waals surface area (Å²) in [4.78, 5) is 27.2. The van der Waals surface area contributed by atoms with Crippen molar-refractivity contribution in [2.24, 2.45) is 0 Å². The Morgan fingerprint density at radius 3 is 2.73 bits per heavy atom. The molecule has 0 aliphatic carbocycles. The van der Waals surface area contributed by atoms with Crippen molar-refractivity contribution in [3.05, 3.63) is 60.0 Å². The molecular weight excluding hydrogens is 332 g/mol. The Hall–Kier alpha value is -3.42. The minimum absolute atomic E-state index is 0.185. The van der Waals surface area contributed by atoms with E-state index in [1.807, 2.05) is 30.3 Å². The van der Waals surface area contributed by atoms with Gasteiger partial charge in [-0.05, 0) is 31.0 Å². The van der Waals surface area contributed by atoms with E-state index in [9.17, 15) is 9.59 Å². The number of Topliss-reactive ketones (excluding diaryl/α,β-unsaturated/α-hetero) is 1. The van der Waals surface area contributed by atoms with Gasteiger partial charge in [-0.3, -0.25) is 14.7 Å². The summed E-state index contributed by atoms with van der Waals surface area (Å²) in [5.74, 6) is -0.135. The SMILES string of the molecule is Nc1c(C(=O)[C@H]2CCCN2C(=O)c2ccn[nH]2)cnn1-c1ccccc1. The van der Waals surface area contributed by atoms with Crippen molar-refractivity contribution in [2.75, 3.05) is 12.3 Å². The number of anilines is 1. The Bertz CT molecular complexity index is 932. The van der Waals surface area contributed by atoms with Crippen molar-refractivity contribution < 1.29 is 9.59 Å². The number of nitrogens with one attached hydrogen (secondary N) is 1. The van der Waals surface area contributed by atoms with Crippen molar-refractivity contribution in [1.82, 2.24) is 24.9 Å². The molecule has 0 spiro atoms. The number of carbonyl (C=O) groups is 2. The molecule has 0 saturated carbocycles. The standard InChI is InChI=1S/C18H18N6O2/c19-17-13(11-21-24(17)12-5-2-1-3-6-12)16(25)15-7-4-10-23(15)18(26)14-8-9-20-22-14/h1-3,5-6,8-9,11,15H,4,7,10,19H2,(H,20,22)/t15-/m1/s1. The number of H-pyrrole nitrogens is 1. The predicted octanol–water partition coefficient (Wildman–Crippen LogP) is 1.67. The number of amides is 1. The van der Waals surface area contributed by atoms with E-state index in [1.54, 1.807) is 11.0 Å². The second-order valence-corrected chi connectivity index (χ2v) is 6.18. The molecule has 3 N–H and O–H groups in total. The maximum absolute atomic E-state index is 13.0. The summed E-state index contributed by atoms with van der Waals surface area (Å²) < 4.78 is 1.53. The number of hydrogen-bond donors (Lipinski definition) is 2. The summed E-state index contributed by atoms with van der Waals surface area (Å²) in [5.41, 5.74) is 7.67. The van der Waals surface area contributed by atoms with Gasteiger partial charge < -0.3 is 10.6 Å². The van der Waals surface area contributed by atoms with Crippen LogP contribution in [-0.4, -0.2) is 49.2 Å². The van der Waals surface area contributed by atoms with Crippen LogP contribution >= 0.6 is 0 Å². The number of para-hydroxylation sites is 1. The molecule has 0 bridgehead atoms. The lowest BCUT2D eigenvalue weighted by atomic mass is 10.0. The Kier molecular flexibility index (Phi) is 4.00. The van der Waals surface area contributed by atoms with Crippen LogP contribution in [0.5, 0.6) is 0 Å². The number of benzene rings is 1. The van der Waals surface area contributed by atoms with Gasteiger partial charge >= 0.3 is 0 Å². The van der Waals surface area contributed by atoms with E-state index in [1.165, 1.54) is 17.1 Å². The number of carbonyl (C=O) groups excluding carboxylic acids is 2. The molecule has 26 heavy (non-hydrogen) atoms. The van der Waals surface area contributed by atoms with Crippen LogP contribution in [-0.2, 0) is 0 Å². The number of ketones is 1. The van der Waals surface area contributed by atoms with Crippen molar-refractivity contribution >= 4 is 17.5 Å². The molecule has 8 nitrogen and oxygen atoms in total. The number of hydrogen-bond acceptors (Lipinski definition) is 5. The van der Waals surface area contributed by atoms with Crippen LogP contribution in [0.4, 0.5) is 5.82 Å². The maximum atomic E-state index is 13.0. The summed E-state index contributed by atoms with van der Waals surface area (Å²) >= 11 is 0. The highest BCUT2D eigenvalue weighted by Gasteiger charge is 2.36. The fourth-order valence-electron chi connectivity index (χ4n) is 3.31. The lowest BCUT2D eigenvalue weighted by molar-refractivity contribution is 0.0667. The lowest BCUT2D eigenvalue weighted by Crippen LogP contribution is -2.40. The van der Waals surface area contributed by atoms with Crippen molar-refractivity contribution in [1.29, 1.82) is 0 Å². The number of nitrogen functional groups attached to an aromatic ring is 1. The van der Waals surface area contributed by atoms with Gasteiger partial charge in [0, 0.05) is 12.7 Å². The molecule has 1 aliphatic rings. The van der Waals surface area contributed by atoms with Gasteiger partial charge in [0.1, 0.15) is 11.5 Å². The van der Waals surface area contributed by atoms with Crippen molar-refractivity contribution in [2.45, 2.75) is 18.9 Å². The minimum atomic E-state index is -0.540. The molecule has 2 aromatic heterocycles. The van der Waals surface area contributed by atoms with Gasteiger partial charge in [0.25, 0.3) is 5.91 Å². The van der Waals surface area contributed by atoms with Crippen LogP contribution in [0.25, 0.3) is 5.69 Å². The van der Waals surface area contributed by atoms with Crippen LogP contribution in [0, 0.1) is 0 Å². The Morgan fingerprint density at radius 2 is 2.00 bits per heavy atom. The topological polar surface area (TPSA) is 110 Å². The average Bonchev–Trinajstić information content (AvgIpc) is 3.42. The smallest absolute Gasteiger partial charge is 0.272 e. The summed E-state index contributed by atoms with van der Waals surface area (Å²) in [7, 11) is 0. The second-order valence-electron chi connectivity index (χ2n) is 6.18. The summed E-state index contributed by atoms with van der Waals surface area (Å²) in [6.07, 6.45) is 4.36. The zero-order valence-electron chi connectivity index (χ0n) is 14.0. The van der Waals surface area contributed by atoms with E-state index >= 15 is 0 Å². The number of aromatic nitrogens is 4. The number of likely N-dealkylation sites (tertiary alicyclic amines) is 1. The van der Waals surface area contributed by atoms with Gasteiger partial charge in [-0.15, -0.1) is 0 Å². The van der Waals surface area contributed by atoms with E-state index in [4.69, 9.17) is 5.73 Å². The average molecular weight is 350 g/mol. The fraction of sp³-hybridized carbons (Fsp3) is 0.222. The third-order valence-electron chi connectivity index (χ3n) is 4.62. The van der Waals surface area contributed by atoms with Crippen LogP contribution in [0.2, 0.25) is 0 Å². The van der Waals surface area contributed by atoms with E-state index in [2.05, 4.69) is 15.3 Å². The van der Waals surface area contributed by atoms with Crippen molar-refractivity contribution in [3.63, 3.8) is 0 Å². The molecule has 1 amide bonds. The van der Waals surface area contributed by atoms with Crippen LogP contribution < -0.4 is 5.73 Å². The normalized spacial score (nSPS) is 16.8. The van der Waals surface area contributed by atoms with Gasteiger partial charge in [0.15, 0.2) is 5.78 Å². The first kappa shape index (κ1) is 16.1. The lowest BCUT2D eigenvalue weighted by Gasteiger charge is -2.22. The Morgan fingerprint density at radius 1 is 1.19 bits per heavy atom. The molecule has 1 saturated heterocycles. The largest absolute Gasteiger partial charge is 0.383 e. The molecule has 0 unspecified atom stereocenters. The molecule has 132 valence electrons. The first-order valence-electron chi connectivity index (χ1n) is 8.40. The van der Waals surface area contributed by atoms with E-state index < -0.39 is 6.04 Å². The molecule has 4 rings (SSSR count). The highest BCUT2D eigenvalue weighted by molar-refractivity contribution is 6.06. The molecule has 3 heterocycles. The zero-order valence-corrected chi connectivity index (χ0v) is 14.0. The van der Waals surface area contributed by atoms with Crippen LogP contribution in [0.15, 0.2) is 48.8 Å². The first-order valence-corrected chi connectivity index (χ1v) is 8.40. The van der Waals surface area contributed by atoms with E-state index in [0.29, 0.717) is 24.2 Å². The van der Waals surface area contributed by atoms with Gasteiger partial charge in [0.05, 0.1) is 23.5 Å². The monoisotopic (exact) mass is 350 g/mol. The fourth-order valence-corrected chi connectivity index (χ4v) is 3.31. The summed E-state index contributed by atoms with van der Waals surface area (Å²) in [6, 6.07) is 10.4. The van der Waals surface area contributed by atoms with E-state index in [0.717, 1.165) is 12.1 Å². The third-order valence-corrected chi connectivity index (χ3v) is 4.62. The minimum Gasteiger partial charge on any atom is -0.383 e. The molecule has 3 aromatic rings. The Balaban J connectivity index is 1.61. The van der Waals surface area contributed by atoms with Crippen LogP contribution in [0.3, 0.4) is 0 Å². The van der Waals surface area contributed by atoms with Gasteiger partial charge in [-0.25, -0.2) is 4.68 Å². The molecule has 1 fully saturated rings. The van der Waals surface area contributed by atoms with Crippen molar-refractivity contribution in [3.8, 4) is 5.69 Å². The second kappa shape index (κ2) is 6.47. The molecule has 1 atom stereocenters. The Labute approximate surface area is 149 Å². The molecular formula is C18H18N6O2. The number of rotatable bonds is 4. The molecule has 8 heteroatoms. The van der Waals surface area contributed by atoms with Gasteiger partial charge in [0.2, 0.25) is 0 Å². The number of aromatic amines is 1. The number of nitrogens with zero attached hydrogens (tertiary/aromatic N) is 4. The highest BCUT2D eigenvalue weighted by Crippen LogP contribution is 2.26.